The monoisotopic (exact) mass is 402 g/mol. The van der Waals surface area contributed by atoms with Crippen molar-refractivity contribution in [1.29, 1.82) is 0 Å². The lowest BCUT2D eigenvalue weighted by molar-refractivity contribution is 0.290. The van der Waals surface area contributed by atoms with E-state index in [-0.39, 0.29) is 11.5 Å². The van der Waals surface area contributed by atoms with Gasteiger partial charge in [-0.1, -0.05) is 25.3 Å². The summed E-state index contributed by atoms with van der Waals surface area (Å²) in [5, 5.41) is 13.7. The van der Waals surface area contributed by atoms with Gasteiger partial charge < -0.3 is 15.5 Å². The molecule has 0 saturated heterocycles. The Morgan fingerprint density at radius 2 is 2.11 bits per heavy atom. The van der Waals surface area contributed by atoms with Gasteiger partial charge in [0.15, 0.2) is 5.96 Å². The van der Waals surface area contributed by atoms with Crippen LogP contribution in [0.4, 0.5) is 0 Å². The van der Waals surface area contributed by atoms with Crippen LogP contribution < -0.4 is 10.6 Å². The molecule has 0 aromatic carbocycles. The van der Waals surface area contributed by atoms with Crippen molar-refractivity contribution in [3.05, 3.63) is 40.3 Å². The standard InChI is InChI=1S/C21H34N6S/c1-22-20(23-14-18(26(2)3)17-13-25-27(4)15-17)24-16-21(10-6-5-7-11-21)19-9-8-12-28-19/h8-9,12-13,15,18H,5-7,10-11,14,16H2,1-4H3,(H2,22,23,24). The second-order valence-corrected chi connectivity index (χ2v) is 9.00. The Kier molecular flexibility index (Phi) is 7.13. The minimum atomic E-state index is 0.244. The van der Waals surface area contributed by atoms with Gasteiger partial charge in [0.1, 0.15) is 0 Å². The summed E-state index contributed by atoms with van der Waals surface area (Å²) in [5.74, 6) is 0.872. The molecular weight excluding hydrogens is 368 g/mol. The third kappa shape index (κ3) is 4.94. The third-order valence-electron chi connectivity index (χ3n) is 5.87. The van der Waals surface area contributed by atoms with Crippen LogP contribution in [0.3, 0.4) is 0 Å². The fraction of sp³-hybridized carbons (Fsp3) is 0.619. The van der Waals surface area contributed by atoms with Crippen LogP contribution in [0.25, 0.3) is 0 Å². The van der Waals surface area contributed by atoms with E-state index < -0.39 is 0 Å². The summed E-state index contributed by atoms with van der Waals surface area (Å²) in [6.45, 7) is 1.72. The molecule has 3 rings (SSSR count). The van der Waals surface area contributed by atoms with E-state index in [0.29, 0.717) is 0 Å². The summed E-state index contributed by atoms with van der Waals surface area (Å²) in [5.41, 5.74) is 1.45. The maximum absolute atomic E-state index is 4.47. The van der Waals surface area contributed by atoms with Crippen LogP contribution in [-0.4, -0.2) is 54.9 Å². The number of likely N-dealkylation sites (N-methyl/N-ethyl adjacent to an activating group) is 1. The molecule has 0 amide bonds. The van der Waals surface area contributed by atoms with E-state index in [9.17, 15) is 0 Å². The highest BCUT2D eigenvalue weighted by Crippen LogP contribution is 2.41. The zero-order chi connectivity index (χ0) is 20.0. The van der Waals surface area contributed by atoms with Crippen LogP contribution in [0.2, 0.25) is 0 Å². The number of rotatable bonds is 7. The van der Waals surface area contributed by atoms with Crippen LogP contribution >= 0.6 is 11.3 Å². The summed E-state index contributed by atoms with van der Waals surface area (Å²) in [4.78, 5) is 8.20. The zero-order valence-corrected chi connectivity index (χ0v) is 18.4. The summed E-state index contributed by atoms with van der Waals surface area (Å²) in [6, 6.07) is 4.73. The minimum Gasteiger partial charge on any atom is -0.355 e. The highest BCUT2D eigenvalue weighted by atomic mass is 32.1. The van der Waals surface area contributed by atoms with Crippen molar-refractivity contribution in [2.45, 2.75) is 43.6 Å². The first-order valence-electron chi connectivity index (χ1n) is 10.2. The van der Waals surface area contributed by atoms with Crippen LogP contribution in [0, 0.1) is 0 Å². The largest absolute Gasteiger partial charge is 0.355 e. The molecule has 0 spiro atoms. The van der Waals surface area contributed by atoms with Gasteiger partial charge >= 0.3 is 0 Å². The van der Waals surface area contributed by atoms with Crippen molar-refractivity contribution >= 4 is 17.3 Å². The van der Waals surface area contributed by atoms with E-state index in [1.807, 2.05) is 36.3 Å². The second kappa shape index (κ2) is 9.56. The molecule has 0 radical (unpaired) electrons. The van der Waals surface area contributed by atoms with E-state index in [1.165, 1.54) is 42.5 Å². The molecule has 2 aromatic heterocycles. The Morgan fingerprint density at radius 3 is 2.68 bits per heavy atom. The number of aryl methyl sites for hydroxylation is 1. The Morgan fingerprint density at radius 1 is 1.32 bits per heavy atom. The molecule has 1 unspecified atom stereocenters. The molecule has 2 aromatic rings. The van der Waals surface area contributed by atoms with Crippen molar-refractivity contribution in [1.82, 2.24) is 25.3 Å². The summed E-state index contributed by atoms with van der Waals surface area (Å²) in [6.07, 6.45) is 10.5. The average Bonchev–Trinajstić information content (AvgIpc) is 3.37. The first kappa shape index (κ1) is 20.9. The van der Waals surface area contributed by atoms with Gasteiger partial charge in [-0.3, -0.25) is 9.67 Å². The first-order chi connectivity index (χ1) is 13.5. The molecule has 6 nitrogen and oxygen atoms in total. The second-order valence-electron chi connectivity index (χ2n) is 8.05. The fourth-order valence-electron chi connectivity index (χ4n) is 4.20. The average molecular weight is 403 g/mol. The molecule has 1 atom stereocenters. The van der Waals surface area contributed by atoms with Crippen LogP contribution in [-0.2, 0) is 12.5 Å². The molecular formula is C21H34N6S. The molecule has 28 heavy (non-hydrogen) atoms. The summed E-state index contributed by atoms with van der Waals surface area (Å²) < 4.78 is 1.85. The van der Waals surface area contributed by atoms with Gasteiger partial charge in [-0.2, -0.15) is 5.10 Å². The summed E-state index contributed by atoms with van der Waals surface area (Å²) >= 11 is 1.89. The van der Waals surface area contributed by atoms with Crippen molar-refractivity contribution in [3.8, 4) is 0 Å². The number of hydrogen-bond acceptors (Lipinski definition) is 4. The molecule has 2 N–H and O–H groups in total. The van der Waals surface area contributed by atoms with E-state index in [0.717, 1.165) is 19.0 Å². The molecule has 7 heteroatoms. The predicted octanol–water partition coefficient (Wildman–Crippen LogP) is 3.15. The molecule has 1 saturated carbocycles. The number of hydrogen-bond donors (Lipinski definition) is 2. The number of thiophene rings is 1. The van der Waals surface area contributed by atoms with Crippen molar-refractivity contribution in [2.75, 3.05) is 34.2 Å². The van der Waals surface area contributed by atoms with Crippen LogP contribution in [0.1, 0.15) is 48.6 Å². The summed E-state index contributed by atoms with van der Waals surface area (Å²) in [7, 11) is 8.01. The Labute approximate surface area is 173 Å². The molecule has 1 fully saturated rings. The van der Waals surface area contributed by atoms with E-state index in [2.05, 4.69) is 63.4 Å². The molecule has 1 aliphatic rings. The fourth-order valence-corrected chi connectivity index (χ4v) is 5.18. The Hall–Kier alpha value is -1.86. The smallest absolute Gasteiger partial charge is 0.191 e. The number of nitrogens with zero attached hydrogens (tertiary/aromatic N) is 4. The molecule has 1 aliphatic carbocycles. The predicted molar refractivity (Wildman–Crippen MR) is 118 cm³/mol. The van der Waals surface area contributed by atoms with Crippen molar-refractivity contribution in [2.24, 2.45) is 12.0 Å². The Bertz CT molecular complexity index is 743. The Balaban J connectivity index is 1.62. The van der Waals surface area contributed by atoms with Gasteiger partial charge in [0.25, 0.3) is 0 Å². The zero-order valence-electron chi connectivity index (χ0n) is 17.6. The highest BCUT2D eigenvalue weighted by Gasteiger charge is 2.35. The van der Waals surface area contributed by atoms with Gasteiger partial charge in [0.05, 0.1) is 12.2 Å². The lowest BCUT2D eigenvalue weighted by atomic mass is 9.73. The van der Waals surface area contributed by atoms with Gasteiger partial charge in [-0.15, -0.1) is 11.3 Å². The highest BCUT2D eigenvalue weighted by molar-refractivity contribution is 7.10. The van der Waals surface area contributed by atoms with Crippen LogP contribution in [0.15, 0.2) is 34.9 Å². The minimum absolute atomic E-state index is 0.244. The molecule has 0 aliphatic heterocycles. The van der Waals surface area contributed by atoms with Gasteiger partial charge in [-0.05, 0) is 38.4 Å². The van der Waals surface area contributed by atoms with Gasteiger partial charge in [0.2, 0.25) is 0 Å². The number of aromatic nitrogens is 2. The van der Waals surface area contributed by atoms with Gasteiger partial charge in [-0.25, -0.2) is 0 Å². The van der Waals surface area contributed by atoms with Crippen LogP contribution in [0.5, 0.6) is 0 Å². The van der Waals surface area contributed by atoms with E-state index in [1.54, 1.807) is 0 Å². The number of nitrogens with one attached hydrogen (secondary N) is 2. The SMILES string of the molecule is CN=C(NCC(c1cnn(C)c1)N(C)C)NCC1(c2cccs2)CCCCC1. The molecule has 0 bridgehead atoms. The van der Waals surface area contributed by atoms with Crippen molar-refractivity contribution < 1.29 is 0 Å². The number of aliphatic imine (C=N–C) groups is 1. The van der Waals surface area contributed by atoms with E-state index >= 15 is 0 Å². The molecule has 2 heterocycles. The number of guanidine groups is 1. The first-order valence-corrected chi connectivity index (χ1v) is 11.1. The lowest BCUT2D eigenvalue weighted by Gasteiger charge is -2.37. The van der Waals surface area contributed by atoms with Gasteiger partial charge in [0, 0.05) is 49.2 Å². The maximum Gasteiger partial charge on any atom is 0.191 e. The third-order valence-corrected chi connectivity index (χ3v) is 6.98. The normalized spacial score (nSPS) is 18.2. The van der Waals surface area contributed by atoms with E-state index in [4.69, 9.17) is 0 Å². The lowest BCUT2D eigenvalue weighted by Crippen LogP contribution is -2.47. The quantitative estimate of drug-likeness (QED) is 0.552. The maximum atomic E-state index is 4.47. The van der Waals surface area contributed by atoms with Crippen molar-refractivity contribution in [3.63, 3.8) is 0 Å². The molecule has 154 valence electrons. The topological polar surface area (TPSA) is 57.5 Å².